The zero-order valence-electron chi connectivity index (χ0n) is 11.5. The van der Waals surface area contributed by atoms with Crippen LogP contribution < -0.4 is 0 Å². The molecule has 0 nitrogen and oxygen atoms in total. The third kappa shape index (κ3) is 2.26. The van der Waals surface area contributed by atoms with Crippen molar-refractivity contribution in [2.45, 2.75) is 0 Å². The van der Waals surface area contributed by atoms with Crippen molar-refractivity contribution in [2.24, 2.45) is 0 Å². The fourth-order valence-electron chi connectivity index (χ4n) is 2.74. The molecule has 1 heteroatoms. The highest BCUT2D eigenvalue weighted by molar-refractivity contribution is 7.13. The summed E-state index contributed by atoms with van der Waals surface area (Å²) in [5.41, 5.74) is 3.86. The van der Waals surface area contributed by atoms with Gasteiger partial charge in [-0.05, 0) is 45.5 Å². The minimum absolute atomic E-state index is 1.26. The van der Waals surface area contributed by atoms with Gasteiger partial charge in [-0.15, -0.1) is 11.3 Å². The van der Waals surface area contributed by atoms with Gasteiger partial charge < -0.3 is 0 Å². The van der Waals surface area contributed by atoms with Crippen LogP contribution in [0, 0.1) is 0 Å². The van der Waals surface area contributed by atoms with Gasteiger partial charge in [-0.3, -0.25) is 0 Å². The third-order valence-corrected chi connectivity index (χ3v) is 4.66. The van der Waals surface area contributed by atoms with Crippen molar-refractivity contribution in [1.29, 1.82) is 0 Å². The SMILES string of the molecule is c1ccc(-c2cc(-c3cccs3)c3ccccc3c2)cc1. The van der Waals surface area contributed by atoms with Crippen molar-refractivity contribution in [1.82, 2.24) is 0 Å². The number of benzene rings is 3. The molecule has 0 spiro atoms. The normalized spacial score (nSPS) is 10.9. The molecule has 3 aromatic carbocycles. The van der Waals surface area contributed by atoms with Gasteiger partial charge in [0.1, 0.15) is 0 Å². The first-order valence-corrected chi connectivity index (χ1v) is 7.92. The van der Waals surface area contributed by atoms with Crippen LogP contribution >= 0.6 is 11.3 Å². The largest absolute Gasteiger partial charge is 0.144 e. The maximum atomic E-state index is 2.31. The van der Waals surface area contributed by atoms with Crippen molar-refractivity contribution < 1.29 is 0 Å². The molecule has 0 aliphatic heterocycles. The van der Waals surface area contributed by atoms with Crippen LogP contribution in [0.1, 0.15) is 0 Å². The molecule has 100 valence electrons. The summed E-state index contributed by atoms with van der Waals surface area (Å²) in [5.74, 6) is 0. The molecule has 0 radical (unpaired) electrons. The molecule has 0 amide bonds. The Morgan fingerprint density at radius 2 is 1.43 bits per heavy atom. The number of rotatable bonds is 2. The molecule has 1 aromatic heterocycles. The Morgan fingerprint density at radius 3 is 2.24 bits per heavy atom. The summed E-state index contributed by atoms with van der Waals surface area (Å²) in [4.78, 5) is 1.32. The summed E-state index contributed by atoms with van der Waals surface area (Å²) in [6.07, 6.45) is 0. The van der Waals surface area contributed by atoms with Crippen LogP contribution in [-0.4, -0.2) is 0 Å². The average molecular weight is 286 g/mol. The third-order valence-electron chi connectivity index (χ3n) is 3.76. The van der Waals surface area contributed by atoms with Crippen LogP contribution in [-0.2, 0) is 0 Å². The van der Waals surface area contributed by atoms with Gasteiger partial charge in [0, 0.05) is 10.4 Å². The number of hydrogen-bond acceptors (Lipinski definition) is 1. The van der Waals surface area contributed by atoms with Crippen LogP contribution in [0.2, 0.25) is 0 Å². The van der Waals surface area contributed by atoms with Crippen molar-refractivity contribution in [3.05, 3.63) is 84.2 Å². The lowest BCUT2D eigenvalue weighted by molar-refractivity contribution is 1.64. The van der Waals surface area contributed by atoms with Gasteiger partial charge in [0.2, 0.25) is 0 Å². The Bertz CT molecular complexity index is 874. The Morgan fingerprint density at radius 1 is 0.619 bits per heavy atom. The molecule has 0 fully saturated rings. The molecule has 0 saturated carbocycles. The zero-order valence-corrected chi connectivity index (χ0v) is 12.3. The predicted molar refractivity (Wildman–Crippen MR) is 92.7 cm³/mol. The van der Waals surface area contributed by atoms with Gasteiger partial charge in [-0.25, -0.2) is 0 Å². The maximum absolute atomic E-state index is 2.31. The summed E-state index contributed by atoms with van der Waals surface area (Å²) in [7, 11) is 0. The zero-order chi connectivity index (χ0) is 14.1. The van der Waals surface area contributed by atoms with Crippen molar-refractivity contribution in [3.63, 3.8) is 0 Å². The Balaban J connectivity index is 2.03. The molecule has 0 aliphatic carbocycles. The quantitative estimate of drug-likeness (QED) is 0.409. The van der Waals surface area contributed by atoms with E-state index >= 15 is 0 Å². The van der Waals surface area contributed by atoms with Crippen LogP contribution in [0.3, 0.4) is 0 Å². The van der Waals surface area contributed by atoms with E-state index in [1.54, 1.807) is 11.3 Å². The first kappa shape index (κ1) is 12.4. The van der Waals surface area contributed by atoms with Gasteiger partial charge in [0.15, 0.2) is 0 Å². The second-order valence-corrected chi connectivity index (χ2v) is 6.04. The van der Waals surface area contributed by atoms with Crippen molar-refractivity contribution in [2.75, 3.05) is 0 Å². The molecule has 4 aromatic rings. The highest BCUT2D eigenvalue weighted by Crippen LogP contribution is 2.35. The summed E-state index contributed by atoms with van der Waals surface area (Å²) >= 11 is 1.79. The molecular formula is C20H14S. The lowest BCUT2D eigenvalue weighted by Gasteiger charge is -2.09. The molecule has 0 saturated heterocycles. The van der Waals surface area contributed by atoms with E-state index in [2.05, 4.69) is 84.2 Å². The van der Waals surface area contributed by atoms with Crippen molar-refractivity contribution in [3.8, 4) is 21.6 Å². The van der Waals surface area contributed by atoms with Crippen LogP contribution in [0.4, 0.5) is 0 Å². The van der Waals surface area contributed by atoms with Gasteiger partial charge in [-0.2, -0.15) is 0 Å². The Kier molecular flexibility index (Phi) is 3.06. The summed E-state index contributed by atoms with van der Waals surface area (Å²) < 4.78 is 0. The number of hydrogen-bond donors (Lipinski definition) is 0. The van der Waals surface area contributed by atoms with E-state index in [9.17, 15) is 0 Å². The molecule has 0 unspecified atom stereocenters. The van der Waals surface area contributed by atoms with E-state index in [1.165, 1.54) is 32.3 Å². The second-order valence-electron chi connectivity index (χ2n) is 5.09. The molecule has 1 heterocycles. The standard InChI is InChI=1S/C20H14S/c1-2-7-15(8-3-1)17-13-16-9-4-5-10-18(16)19(14-17)20-11-6-12-21-20/h1-14H. The van der Waals surface area contributed by atoms with Gasteiger partial charge in [0.05, 0.1) is 0 Å². The molecule has 21 heavy (non-hydrogen) atoms. The summed E-state index contributed by atoms with van der Waals surface area (Å²) in [6.45, 7) is 0. The highest BCUT2D eigenvalue weighted by Gasteiger charge is 2.08. The van der Waals surface area contributed by atoms with Crippen LogP contribution in [0.25, 0.3) is 32.3 Å². The van der Waals surface area contributed by atoms with Crippen molar-refractivity contribution >= 4 is 22.1 Å². The topological polar surface area (TPSA) is 0 Å². The second kappa shape index (κ2) is 5.19. The van der Waals surface area contributed by atoms with E-state index in [-0.39, 0.29) is 0 Å². The number of fused-ring (bicyclic) bond motifs is 1. The molecule has 0 N–H and O–H groups in total. The average Bonchev–Trinajstić information content (AvgIpc) is 3.09. The lowest BCUT2D eigenvalue weighted by atomic mass is 9.96. The van der Waals surface area contributed by atoms with E-state index < -0.39 is 0 Å². The van der Waals surface area contributed by atoms with Gasteiger partial charge >= 0.3 is 0 Å². The lowest BCUT2D eigenvalue weighted by Crippen LogP contribution is -1.83. The summed E-state index contributed by atoms with van der Waals surface area (Å²) in [6, 6.07) is 28.1. The summed E-state index contributed by atoms with van der Waals surface area (Å²) in [5, 5.41) is 4.75. The minimum atomic E-state index is 1.26. The highest BCUT2D eigenvalue weighted by atomic mass is 32.1. The fourth-order valence-corrected chi connectivity index (χ4v) is 3.50. The number of thiophene rings is 1. The minimum Gasteiger partial charge on any atom is -0.144 e. The molecule has 0 bridgehead atoms. The van der Waals surface area contributed by atoms with E-state index in [0.717, 1.165) is 0 Å². The first-order chi connectivity index (χ1) is 10.4. The van der Waals surface area contributed by atoms with Crippen LogP contribution in [0.15, 0.2) is 84.2 Å². The van der Waals surface area contributed by atoms with E-state index in [1.807, 2.05) is 0 Å². The van der Waals surface area contributed by atoms with Crippen LogP contribution in [0.5, 0.6) is 0 Å². The Hall–Kier alpha value is -2.38. The monoisotopic (exact) mass is 286 g/mol. The predicted octanol–water partition coefficient (Wildman–Crippen LogP) is 6.24. The van der Waals surface area contributed by atoms with Gasteiger partial charge in [-0.1, -0.05) is 60.7 Å². The molecule has 4 rings (SSSR count). The van der Waals surface area contributed by atoms with E-state index in [4.69, 9.17) is 0 Å². The maximum Gasteiger partial charge on any atom is 0.0349 e. The van der Waals surface area contributed by atoms with E-state index in [0.29, 0.717) is 0 Å². The first-order valence-electron chi connectivity index (χ1n) is 7.04. The fraction of sp³-hybridized carbons (Fsp3) is 0. The molecule has 0 atom stereocenters. The Labute approximate surface area is 128 Å². The molecular weight excluding hydrogens is 272 g/mol. The smallest absolute Gasteiger partial charge is 0.0349 e. The molecule has 0 aliphatic rings. The van der Waals surface area contributed by atoms with Gasteiger partial charge in [0.25, 0.3) is 0 Å².